The van der Waals surface area contributed by atoms with Crippen molar-refractivity contribution in [3.8, 4) is 17.1 Å². The van der Waals surface area contributed by atoms with Gasteiger partial charge in [-0.25, -0.2) is 0 Å². The van der Waals surface area contributed by atoms with E-state index in [1.54, 1.807) is 13.2 Å². The molecule has 0 saturated carbocycles. The quantitative estimate of drug-likeness (QED) is 0.649. The van der Waals surface area contributed by atoms with Crippen molar-refractivity contribution in [2.75, 3.05) is 20.2 Å². The van der Waals surface area contributed by atoms with Gasteiger partial charge in [0.2, 0.25) is 11.7 Å². The molecule has 0 atom stereocenters. The maximum Gasteiger partial charge on any atom is 0.416 e. The number of hydrogen-bond acceptors (Lipinski definition) is 6. The van der Waals surface area contributed by atoms with Gasteiger partial charge in [-0.1, -0.05) is 17.3 Å². The molecule has 2 heterocycles. The maximum atomic E-state index is 13.0. The lowest BCUT2D eigenvalue weighted by atomic mass is 9.84. The van der Waals surface area contributed by atoms with E-state index in [4.69, 9.17) is 9.26 Å². The van der Waals surface area contributed by atoms with Crippen molar-refractivity contribution in [1.29, 1.82) is 0 Å². The second-order valence-electron chi connectivity index (χ2n) is 7.63. The molecule has 0 spiro atoms. The van der Waals surface area contributed by atoms with E-state index in [1.165, 1.54) is 6.07 Å². The van der Waals surface area contributed by atoms with Crippen LogP contribution in [0.3, 0.4) is 0 Å². The zero-order chi connectivity index (χ0) is 22.1. The molecule has 1 aliphatic heterocycles. The second-order valence-corrected chi connectivity index (χ2v) is 7.63. The van der Waals surface area contributed by atoms with Crippen LogP contribution in [-0.4, -0.2) is 40.3 Å². The molecule has 1 aliphatic rings. The second kappa shape index (κ2) is 8.32. The first-order valence-electron chi connectivity index (χ1n) is 9.86. The number of rotatable bonds is 5. The molecule has 3 aromatic rings. The molecule has 1 fully saturated rings. The number of piperidine rings is 1. The number of aromatic nitrogens is 2. The van der Waals surface area contributed by atoms with E-state index in [-0.39, 0.29) is 0 Å². The standard InChI is InChI=1S/C22H22F3N3O3/c1-30-18-7-5-15(6-8-18)20-26-19(31-27-20)14-28-11-9-21(29,10-12-28)16-3-2-4-17(13-16)22(23,24)25/h2-8,13,29H,9-12,14H2,1H3. The summed E-state index contributed by atoms with van der Waals surface area (Å²) >= 11 is 0. The van der Waals surface area contributed by atoms with Gasteiger partial charge in [0.1, 0.15) is 5.75 Å². The zero-order valence-corrected chi connectivity index (χ0v) is 16.9. The van der Waals surface area contributed by atoms with Crippen LogP contribution in [0.1, 0.15) is 29.9 Å². The summed E-state index contributed by atoms with van der Waals surface area (Å²) in [5, 5.41) is 15.0. The third-order valence-corrected chi connectivity index (χ3v) is 5.59. The zero-order valence-electron chi connectivity index (χ0n) is 16.9. The minimum Gasteiger partial charge on any atom is -0.497 e. The number of aliphatic hydroxyl groups is 1. The molecule has 1 N–H and O–H groups in total. The largest absolute Gasteiger partial charge is 0.497 e. The van der Waals surface area contributed by atoms with Crippen molar-refractivity contribution in [2.24, 2.45) is 0 Å². The van der Waals surface area contributed by atoms with Crippen molar-refractivity contribution in [2.45, 2.75) is 31.2 Å². The average molecular weight is 433 g/mol. The Labute approximate surface area is 177 Å². The van der Waals surface area contributed by atoms with Crippen LogP contribution < -0.4 is 4.74 Å². The van der Waals surface area contributed by atoms with E-state index < -0.39 is 17.3 Å². The molecular weight excluding hydrogens is 411 g/mol. The van der Waals surface area contributed by atoms with E-state index in [0.717, 1.165) is 23.4 Å². The number of hydrogen-bond donors (Lipinski definition) is 1. The van der Waals surface area contributed by atoms with Gasteiger partial charge in [-0.2, -0.15) is 18.2 Å². The first-order chi connectivity index (χ1) is 14.8. The highest BCUT2D eigenvalue weighted by atomic mass is 19.4. The van der Waals surface area contributed by atoms with Crippen LogP contribution in [0.2, 0.25) is 0 Å². The Balaban J connectivity index is 1.39. The lowest BCUT2D eigenvalue weighted by Crippen LogP contribution is -2.42. The molecule has 0 bridgehead atoms. The summed E-state index contributed by atoms with van der Waals surface area (Å²) in [6, 6.07) is 12.2. The number of ether oxygens (including phenoxy) is 1. The normalized spacial score (nSPS) is 16.9. The van der Waals surface area contributed by atoms with Crippen LogP contribution in [0, 0.1) is 0 Å². The average Bonchev–Trinajstić information content (AvgIpc) is 3.23. The first-order valence-corrected chi connectivity index (χ1v) is 9.86. The fraction of sp³-hybridized carbons (Fsp3) is 0.364. The van der Waals surface area contributed by atoms with Gasteiger partial charge in [0.05, 0.1) is 24.8 Å². The fourth-order valence-corrected chi connectivity index (χ4v) is 3.72. The Kier molecular flexibility index (Phi) is 5.72. The maximum absolute atomic E-state index is 13.0. The lowest BCUT2D eigenvalue weighted by Gasteiger charge is -2.38. The summed E-state index contributed by atoms with van der Waals surface area (Å²) in [6.07, 6.45) is -3.81. The van der Waals surface area contributed by atoms with E-state index in [0.29, 0.717) is 49.8 Å². The van der Waals surface area contributed by atoms with Crippen LogP contribution in [0.4, 0.5) is 13.2 Å². The van der Waals surface area contributed by atoms with Crippen LogP contribution in [0.15, 0.2) is 53.1 Å². The van der Waals surface area contributed by atoms with Gasteiger partial charge in [-0.15, -0.1) is 0 Å². The fourth-order valence-electron chi connectivity index (χ4n) is 3.72. The van der Waals surface area contributed by atoms with Crippen LogP contribution in [-0.2, 0) is 18.3 Å². The molecule has 1 aromatic heterocycles. The van der Waals surface area contributed by atoms with Gasteiger partial charge in [0.15, 0.2) is 0 Å². The number of nitrogens with zero attached hydrogens (tertiary/aromatic N) is 3. The topological polar surface area (TPSA) is 71.6 Å². The summed E-state index contributed by atoms with van der Waals surface area (Å²) in [4.78, 5) is 6.45. The van der Waals surface area contributed by atoms with Crippen molar-refractivity contribution < 1.29 is 27.5 Å². The Morgan fingerprint density at radius 1 is 1.13 bits per heavy atom. The summed E-state index contributed by atoms with van der Waals surface area (Å²) in [5.74, 6) is 1.64. The number of alkyl halides is 3. The van der Waals surface area contributed by atoms with Crippen LogP contribution in [0.25, 0.3) is 11.4 Å². The summed E-state index contributed by atoms with van der Waals surface area (Å²) in [7, 11) is 1.59. The van der Waals surface area contributed by atoms with Crippen molar-refractivity contribution in [1.82, 2.24) is 15.0 Å². The molecule has 0 aliphatic carbocycles. The van der Waals surface area contributed by atoms with Gasteiger partial charge < -0.3 is 14.4 Å². The number of benzene rings is 2. The summed E-state index contributed by atoms with van der Waals surface area (Å²) in [5.41, 5.74) is -0.950. The highest BCUT2D eigenvalue weighted by Crippen LogP contribution is 2.37. The highest BCUT2D eigenvalue weighted by molar-refractivity contribution is 5.55. The monoisotopic (exact) mass is 433 g/mol. The van der Waals surface area contributed by atoms with Crippen molar-refractivity contribution >= 4 is 0 Å². The minimum atomic E-state index is -4.44. The molecule has 6 nitrogen and oxygen atoms in total. The SMILES string of the molecule is COc1ccc(-c2noc(CN3CCC(O)(c4cccc(C(F)(F)F)c4)CC3)n2)cc1. The number of halogens is 3. The molecular formula is C22H22F3N3O3. The summed E-state index contributed by atoms with van der Waals surface area (Å²) < 4.78 is 49.5. The molecule has 1 saturated heterocycles. The van der Waals surface area contributed by atoms with E-state index in [2.05, 4.69) is 10.1 Å². The van der Waals surface area contributed by atoms with Crippen molar-refractivity contribution in [3.05, 3.63) is 65.5 Å². The Morgan fingerprint density at radius 3 is 2.48 bits per heavy atom. The lowest BCUT2D eigenvalue weighted by molar-refractivity contribution is -0.137. The number of likely N-dealkylation sites (tertiary alicyclic amines) is 1. The Morgan fingerprint density at radius 2 is 1.84 bits per heavy atom. The van der Waals surface area contributed by atoms with Gasteiger partial charge in [-0.05, 0) is 54.8 Å². The van der Waals surface area contributed by atoms with Gasteiger partial charge in [0.25, 0.3) is 0 Å². The Hall–Kier alpha value is -2.91. The van der Waals surface area contributed by atoms with E-state index >= 15 is 0 Å². The van der Waals surface area contributed by atoms with Crippen LogP contribution in [0.5, 0.6) is 5.75 Å². The molecule has 164 valence electrons. The smallest absolute Gasteiger partial charge is 0.416 e. The predicted octanol–water partition coefficient (Wildman–Crippen LogP) is 4.25. The molecule has 0 unspecified atom stereocenters. The molecule has 2 aromatic carbocycles. The molecule has 31 heavy (non-hydrogen) atoms. The van der Waals surface area contributed by atoms with Crippen molar-refractivity contribution in [3.63, 3.8) is 0 Å². The highest BCUT2D eigenvalue weighted by Gasteiger charge is 2.37. The Bertz CT molecular complexity index is 1030. The first kappa shape index (κ1) is 21.3. The third kappa shape index (κ3) is 4.72. The summed E-state index contributed by atoms with van der Waals surface area (Å²) in [6.45, 7) is 1.39. The van der Waals surface area contributed by atoms with Gasteiger partial charge in [0, 0.05) is 18.7 Å². The molecule has 0 amide bonds. The molecule has 9 heteroatoms. The molecule has 0 radical (unpaired) electrons. The van der Waals surface area contributed by atoms with Crippen LogP contribution >= 0.6 is 0 Å². The van der Waals surface area contributed by atoms with E-state index in [1.807, 2.05) is 29.2 Å². The molecule has 4 rings (SSSR count). The van der Waals surface area contributed by atoms with Gasteiger partial charge >= 0.3 is 6.18 Å². The number of methoxy groups -OCH3 is 1. The van der Waals surface area contributed by atoms with Gasteiger partial charge in [-0.3, -0.25) is 4.90 Å². The minimum absolute atomic E-state index is 0.293. The third-order valence-electron chi connectivity index (χ3n) is 5.59. The van der Waals surface area contributed by atoms with E-state index in [9.17, 15) is 18.3 Å². The predicted molar refractivity (Wildman–Crippen MR) is 106 cm³/mol.